The van der Waals surface area contributed by atoms with E-state index in [1.54, 1.807) is 0 Å². The Bertz CT molecular complexity index is 724. The molecule has 0 radical (unpaired) electrons. The average Bonchev–Trinajstić information content (AvgIpc) is 2.38. The second-order valence-corrected chi connectivity index (χ2v) is 5.90. The Morgan fingerprint density at radius 3 is 2.37 bits per heavy atom. The molecule has 19 heavy (non-hydrogen) atoms. The maximum Gasteiger partial charge on any atom is 0.339 e. The molecule has 0 bridgehead atoms. The van der Waals surface area contributed by atoms with Crippen LogP contribution in [0.3, 0.4) is 0 Å². The van der Waals surface area contributed by atoms with Gasteiger partial charge in [0.1, 0.15) is 11.9 Å². The Morgan fingerprint density at radius 1 is 1.21 bits per heavy atom. The monoisotopic (exact) mass is 278 g/mol. The number of carbonyl (C=O) groups is 1. The summed E-state index contributed by atoms with van der Waals surface area (Å²) < 4.78 is 22.7. The third-order valence-electron chi connectivity index (χ3n) is 2.50. The minimum Gasteiger partial charge on any atom is -0.478 e. The molecule has 0 spiro atoms. The molecular weight excluding hydrogens is 268 g/mol. The van der Waals surface area contributed by atoms with Crippen LogP contribution in [-0.4, -0.2) is 35.7 Å². The number of benzene rings is 1. The molecule has 0 aliphatic heterocycles. The van der Waals surface area contributed by atoms with E-state index in [0.29, 0.717) is 5.56 Å². The van der Waals surface area contributed by atoms with Crippen LogP contribution in [-0.2, 0) is 9.84 Å². The summed E-state index contributed by atoms with van der Waals surface area (Å²) in [6.07, 6.45) is 3.55. The Balaban J connectivity index is 2.52. The number of nitrogens with zero attached hydrogens (tertiary/aromatic N) is 2. The van der Waals surface area contributed by atoms with E-state index in [9.17, 15) is 13.2 Å². The number of hydrogen-bond donors (Lipinski definition) is 1. The van der Waals surface area contributed by atoms with Crippen molar-refractivity contribution in [3.8, 4) is 11.3 Å². The lowest BCUT2D eigenvalue weighted by Crippen LogP contribution is -2.03. The van der Waals surface area contributed by atoms with Crippen molar-refractivity contribution in [2.45, 2.75) is 4.90 Å². The fraction of sp³-hybridized carbons (Fsp3) is 0.0833. The summed E-state index contributed by atoms with van der Waals surface area (Å²) in [7, 11) is -3.28. The zero-order chi connectivity index (χ0) is 14.0. The van der Waals surface area contributed by atoms with Gasteiger partial charge >= 0.3 is 5.97 Å². The first-order valence-corrected chi connectivity index (χ1v) is 7.12. The normalized spacial score (nSPS) is 11.2. The average molecular weight is 278 g/mol. The molecule has 2 rings (SSSR count). The minimum absolute atomic E-state index is 0.0328. The van der Waals surface area contributed by atoms with Crippen molar-refractivity contribution in [1.82, 2.24) is 9.97 Å². The SMILES string of the molecule is CS(=O)(=O)c1ccc(-c2ncncc2C(=O)O)cc1. The molecule has 0 fully saturated rings. The molecule has 1 aromatic carbocycles. The molecule has 7 heteroatoms. The zero-order valence-corrected chi connectivity index (χ0v) is 10.8. The Hall–Kier alpha value is -2.28. The van der Waals surface area contributed by atoms with Gasteiger partial charge in [-0.1, -0.05) is 12.1 Å². The number of aromatic carboxylic acids is 1. The standard InChI is InChI=1S/C12H10N2O4S/c1-19(17,18)9-4-2-8(3-5-9)11-10(12(15)16)6-13-7-14-11/h2-7H,1H3,(H,15,16). The lowest BCUT2D eigenvalue weighted by Gasteiger charge is -2.05. The van der Waals surface area contributed by atoms with Gasteiger partial charge in [-0.25, -0.2) is 23.2 Å². The highest BCUT2D eigenvalue weighted by Gasteiger charge is 2.14. The van der Waals surface area contributed by atoms with Crippen LogP contribution in [0.5, 0.6) is 0 Å². The van der Waals surface area contributed by atoms with Gasteiger partial charge in [-0.2, -0.15) is 0 Å². The van der Waals surface area contributed by atoms with Crippen molar-refractivity contribution in [3.05, 3.63) is 42.4 Å². The number of rotatable bonds is 3. The van der Waals surface area contributed by atoms with Crippen LogP contribution < -0.4 is 0 Å². The molecule has 0 unspecified atom stereocenters. The summed E-state index contributed by atoms with van der Waals surface area (Å²) >= 11 is 0. The van der Waals surface area contributed by atoms with Crippen molar-refractivity contribution in [2.24, 2.45) is 0 Å². The first-order chi connectivity index (χ1) is 8.89. The van der Waals surface area contributed by atoms with E-state index in [2.05, 4.69) is 9.97 Å². The van der Waals surface area contributed by atoms with Gasteiger partial charge in [0.05, 0.1) is 10.6 Å². The van der Waals surface area contributed by atoms with Gasteiger partial charge in [-0.15, -0.1) is 0 Å². The van der Waals surface area contributed by atoms with Crippen molar-refractivity contribution in [1.29, 1.82) is 0 Å². The van der Waals surface area contributed by atoms with Crippen LogP contribution in [0.2, 0.25) is 0 Å². The number of carboxylic acids is 1. The number of sulfone groups is 1. The zero-order valence-electron chi connectivity index (χ0n) is 9.94. The fourth-order valence-electron chi connectivity index (χ4n) is 1.58. The topological polar surface area (TPSA) is 97.2 Å². The van der Waals surface area contributed by atoms with Crippen molar-refractivity contribution in [3.63, 3.8) is 0 Å². The molecule has 0 saturated carbocycles. The van der Waals surface area contributed by atoms with Crippen molar-refractivity contribution < 1.29 is 18.3 Å². The maximum atomic E-state index is 11.3. The Labute approximate surface area is 109 Å². The lowest BCUT2D eigenvalue weighted by molar-refractivity contribution is 0.0697. The van der Waals surface area contributed by atoms with Crippen LogP contribution in [0.4, 0.5) is 0 Å². The first-order valence-electron chi connectivity index (χ1n) is 5.23. The molecule has 6 nitrogen and oxygen atoms in total. The summed E-state index contributed by atoms with van der Waals surface area (Å²) in [5, 5.41) is 9.03. The third-order valence-corrected chi connectivity index (χ3v) is 3.63. The van der Waals surface area contributed by atoms with Gasteiger partial charge in [0.2, 0.25) is 0 Å². The number of hydrogen-bond acceptors (Lipinski definition) is 5. The van der Waals surface area contributed by atoms with Gasteiger partial charge < -0.3 is 5.11 Å². The van der Waals surface area contributed by atoms with Crippen molar-refractivity contribution in [2.75, 3.05) is 6.26 Å². The fourth-order valence-corrected chi connectivity index (χ4v) is 2.21. The molecule has 0 amide bonds. The van der Waals surface area contributed by atoms with E-state index in [4.69, 9.17) is 5.11 Å². The van der Waals surface area contributed by atoms with Gasteiger partial charge in [0, 0.05) is 18.0 Å². The predicted octanol–water partition coefficient (Wildman–Crippen LogP) is 1.25. The van der Waals surface area contributed by atoms with Crippen LogP contribution in [0, 0.1) is 0 Å². The minimum atomic E-state index is -3.28. The molecule has 0 atom stereocenters. The highest BCUT2D eigenvalue weighted by molar-refractivity contribution is 7.90. The van der Waals surface area contributed by atoms with E-state index >= 15 is 0 Å². The molecule has 0 saturated heterocycles. The van der Waals surface area contributed by atoms with E-state index in [0.717, 1.165) is 6.26 Å². The van der Waals surface area contributed by atoms with Crippen LogP contribution in [0.1, 0.15) is 10.4 Å². The molecule has 98 valence electrons. The van der Waals surface area contributed by atoms with E-state index in [1.165, 1.54) is 36.8 Å². The summed E-state index contributed by atoms with van der Waals surface area (Å²) in [5.74, 6) is -1.14. The van der Waals surface area contributed by atoms with Gasteiger partial charge in [-0.3, -0.25) is 0 Å². The van der Waals surface area contributed by atoms with Crippen molar-refractivity contribution >= 4 is 15.8 Å². The van der Waals surface area contributed by atoms with Gasteiger partial charge in [-0.05, 0) is 12.1 Å². The molecule has 2 aromatic rings. The van der Waals surface area contributed by atoms with Crippen LogP contribution in [0.25, 0.3) is 11.3 Å². The second-order valence-electron chi connectivity index (χ2n) is 3.89. The first kappa shape index (κ1) is 13.2. The third kappa shape index (κ3) is 2.76. The predicted molar refractivity (Wildman–Crippen MR) is 67.5 cm³/mol. The highest BCUT2D eigenvalue weighted by atomic mass is 32.2. The Kier molecular flexibility index (Phi) is 3.30. The van der Waals surface area contributed by atoms with E-state index in [-0.39, 0.29) is 16.2 Å². The highest BCUT2D eigenvalue weighted by Crippen LogP contribution is 2.22. The molecular formula is C12H10N2O4S. The van der Waals surface area contributed by atoms with Gasteiger partial charge in [0.15, 0.2) is 9.84 Å². The number of carboxylic acid groups (broad SMARTS) is 1. The Morgan fingerprint density at radius 2 is 1.84 bits per heavy atom. The smallest absolute Gasteiger partial charge is 0.339 e. The quantitative estimate of drug-likeness (QED) is 0.907. The lowest BCUT2D eigenvalue weighted by atomic mass is 10.1. The van der Waals surface area contributed by atoms with Gasteiger partial charge in [0.25, 0.3) is 0 Å². The summed E-state index contributed by atoms with van der Waals surface area (Å²) in [6, 6.07) is 5.87. The van der Waals surface area contributed by atoms with Crippen LogP contribution in [0.15, 0.2) is 41.7 Å². The molecule has 1 aromatic heterocycles. The summed E-state index contributed by atoms with van der Waals surface area (Å²) in [4.78, 5) is 18.8. The maximum absolute atomic E-state index is 11.3. The summed E-state index contributed by atoms with van der Waals surface area (Å²) in [6.45, 7) is 0. The summed E-state index contributed by atoms with van der Waals surface area (Å²) in [5.41, 5.74) is 0.740. The molecule has 1 heterocycles. The molecule has 0 aliphatic carbocycles. The molecule has 0 aliphatic rings. The largest absolute Gasteiger partial charge is 0.478 e. The number of aromatic nitrogens is 2. The molecule has 1 N–H and O–H groups in total. The van der Waals surface area contributed by atoms with E-state index in [1.807, 2.05) is 0 Å². The van der Waals surface area contributed by atoms with Crippen LogP contribution >= 0.6 is 0 Å². The van der Waals surface area contributed by atoms with E-state index < -0.39 is 15.8 Å². The second kappa shape index (κ2) is 4.77.